The highest BCUT2D eigenvalue weighted by Gasteiger charge is 2.24. The number of carbonyl (C=O) groups excluding carboxylic acids is 1. The number of likely N-dealkylation sites (tertiary alicyclic amines) is 1. The molecule has 1 amide bonds. The fourth-order valence-corrected chi connectivity index (χ4v) is 2.88. The summed E-state index contributed by atoms with van der Waals surface area (Å²) in [5, 5.41) is 3.62. The lowest BCUT2D eigenvalue weighted by Crippen LogP contribution is -2.40. The van der Waals surface area contributed by atoms with Crippen molar-refractivity contribution in [3.05, 3.63) is 29.8 Å². The smallest absolute Gasteiger partial charge is 0.221 e. The Morgan fingerprint density at radius 1 is 1.36 bits per heavy atom. The molecule has 1 aliphatic rings. The summed E-state index contributed by atoms with van der Waals surface area (Å²) in [5.74, 6) is 0.426. The van der Waals surface area contributed by atoms with Crippen LogP contribution in [0.2, 0.25) is 0 Å². The maximum Gasteiger partial charge on any atom is 0.221 e. The van der Waals surface area contributed by atoms with Gasteiger partial charge in [-0.2, -0.15) is 0 Å². The molecule has 4 heteroatoms. The first kappa shape index (κ1) is 16.8. The summed E-state index contributed by atoms with van der Waals surface area (Å²) in [6.07, 6.45) is 1.97. The number of hydrogen-bond donors (Lipinski definition) is 2. The first-order chi connectivity index (χ1) is 10.5. The number of anilines is 1. The highest BCUT2D eigenvalue weighted by molar-refractivity contribution is 5.76. The molecule has 1 aromatic carbocycles. The zero-order valence-corrected chi connectivity index (χ0v) is 14.0. The summed E-state index contributed by atoms with van der Waals surface area (Å²) in [7, 11) is 0. The van der Waals surface area contributed by atoms with Gasteiger partial charge in [0.1, 0.15) is 0 Å². The molecule has 1 fully saturated rings. The van der Waals surface area contributed by atoms with E-state index in [0.29, 0.717) is 12.0 Å². The Morgan fingerprint density at radius 3 is 2.77 bits per heavy atom. The Bertz CT molecular complexity index is 501. The van der Waals surface area contributed by atoms with Crippen LogP contribution in [0.5, 0.6) is 0 Å². The van der Waals surface area contributed by atoms with Crippen molar-refractivity contribution in [2.75, 3.05) is 18.4 Å². The second-order valence-electron chi connectivity index (χ2n) is 6.81. The molecule has 2 atom stereocenters. The molecular formula is C18H29N3O. The van der Waals surface area contributed by atoms with E-state index < -0.39 is 0 Å². The maximum atomic E-state index is 11.4. The molecule has 0 radical (unpaired) electrons. The quantitative estimate of drug-likeness (QED) is 0.849. The van der Waals surface area contributed by atoms with Crippen LogP contribution in [0.3, 0.4) is 0 Å². The van der Waals surface area contributed by atoms with E-state index in [1.165, 1.54) is 11.3 Å². The molecule has 122 valence electrons. The lowest BCUT2D eigenvalue weighted by Gasteiger charge is -2.32. The summed E-state index contributed by atoms with van der Waals surface area (Å²) in [6, 6.07) is 8.89. The molecule has 0 saturated carbocycles. The lowest BCUT2D eigenvalue weighted by atomic mass is 9.97. The minimum atomic E-state index is -0.162. The highest BCUT2D eigenvalue weighted by atomic mass is 16.1. The summed E-state index contributed by atoms with van der Waals surface area (Å²) in [5.41, 5.74) is 7.96. The molecule has 1 aliphatic heterocycles. The van der Waals surface area contributed by atoms with Crippen molar-refractivity contribution in [1.82, 2.24) is 4.90 Å². The zero-order chi connectivity index (χ0) is 16.1. The zero-order valence-electron chi connectivity index (χ0n) is 14.0. The predicted octanol–water partition coefficient (Wildman–Crippen LogP) is 2.84. The first-order valence-electron chi connectivity index (χ1n) is 8.33. The minimum Gasteiger partial charge on any atom is -0.382 e. The van der Waals surface area contributed by atoms with E-state index in [2.05, 4.69) is 55.3 Å². The van der Waals surface area contributed by atoms with Crippen molar-refractivity contribution < 1.29 is 4.79 Å². The van der Waals surface area contributed by atoms with Gasteiger partial charge in [0.05, 0.1) is 5.92 Å². The molecule has 1 saturated heterocycles. The van der Waals surface area contributed by atoms with Crippen LogP contribution in [-0.4, -0.2) is 29.9 Å². The Balaban J connectivity index is 2.04. The average Bonchev–Trinajstić information content (AvgIpc) is 2.49. The van der Waals surface area contributed by atoms with E-state index in [1.54, 1.807) is 0 Å². The van der Waals surface area contributed by atoms with Crippen LogP contribution in [0.25, 0.3) is 0 Å². The number of para-hydroxylation sites is 1. The SMILES string of the molecule is CC(C)C(C)Nc1ccccc1CN1CCCC(C(N)=O)C1. The van der Waals surface area contributed by atoms with E-state index in [0.717, 1.165) is 32.5 Å². The van der Waals surface area contributed by atoms with Gasteiger partial charge in [0.15, 0.2) is 0 Å². The number of rotatable bonds is 6. The first-order valence-corrected chi connectivity index (χ1v) is 8.33. The van der Waals surface area contributed by atoms with Gasteiger partial charge in [-0.3, -0.25) is 9.69 Å². The van der Waals surface area contributed by atoms with Crippen LogP contribution < -0.4 is 11.1 Å². The van der Waals surface area contributed by atoms with Gasteiger partial charge in [-0.25, -0.2) is 0 Å². The van der Waals surface area contributed by atoms with Gasteiger partial charge >= 0.3 is 0 Å². The molecule has 0 aromatic heterocycles. The fourth-order valence-electron chi connectivity index (χ4n) is 2.88. The Hall–Kier alpha value is -1.55. The van der Waals surface area contributed by atoms with Crippen LogP contribution in [0, 0.1) is 11.8 Å². The number of primary amides is 1. The van der Waals surface area contributed by atoms with Gasteiger partial charge in [-0.05, 0) is 43.9 Å². The topological polar surface area (TPSA) is 58.4 Å². The third kappa shape index (κ3) is 4.47. The molecule has 2 rings (SSSR count). The number of benzene rings is 1. The van der Waals surface area contributed by atoms with Crippen LogP contribution in [-0.2, 0) is 11.3 Å². The van der Waals surface area contributed by atoms with E-state index >= 15 is 0 Å². The molecule has 1 aromatic rings. The van der Waals surface area contributed by atoms with Gasteiger partial charge in [0.2, 0.25) is 5.91 Å². The van der Waals surface area contributed by atoms with Crippen LogP contribution in [0.1, 0.15) is 39.2 Å². The summed E-state index contributed by atoms with van der Waals surface area (Å²) < 4.78 is 0. The fraction of sp³-hybridized carbons (Fsp3) is 0.611. The van der Waals surface area contributed by atoms with Crippen molar-refractivity contribution >= 4 is 11.6 Å². The van der Waals surface area contributed by atoms with Crippen LogP contribution >= 0.6 is 0 Å². The lowest BCUT2D eigenvalue weighted by molar-refractivity contribution is -0.123. The molecule has 3 N–H and O–H groups in total. The third-order valence-electron chi connectivity index (χ3n) is 4.70. The third-order valence-corrected chi connectivity index (χ3v) is 4.70. The number of hydrogen-bond acceptors (Lipinski definition) is 3. The molecule has 0 spiro atoms. The number of carbonyl (C=O) groups is 1. The molecule has 4 nitrogen and oxygen atoms in total. The Labute approximate surface area is 134 Å². The van der Waals surface area contributed by atoms with Crippen molar-refractivity contribution in [1.29, 1.82) is 0 Å². The number of nitrogens with zero attached hydrogens (tertiary/aromatic N) is 1. The van der Waals surface area contributed by atoms with E-state index in [-0.39, 0.29) is 11.8 Å². The summed E-state index contributed by atoms with van der Waals surface area (Å²) in [4.78, 5) is 13.8. The second kappa shape index (κ2) is 7.63. The molecule has 2 unspecified atom stereocenters. The standard InChI is InChI=1S/C18H29N3O/c1-13(2)14(3)20-17-9-5-4-7-15(17)11-21-10-6-8-16(12-21)18(19)22/h4-5,7,9,13-14,16,20H,6,8,10-12H2,1-3H3,(H2,19,22). The number of nitrogens with one attached hydrogen (secondary N) is 1. The van der Waals surface area contributed by atoms with Gasteiger partial charge in [0, 0.05) is 24.8 Å². The Morgan fingerprint density at radius 2 is 2.09 bits per heavy atom. The predicted molar refractivity (Wildman–Crippen MR) is 91.6 cm³/mol. The molecule has 0 bridgehead atoms. The van der Waals surface area contributed by atoms with Gasteiger partial charge in [0.25, 0.3) is 0 Å². The second-order valence-corrected chi connectivity index (χ2v) is 6.81. The number of piperidine rings is 1. The molecule has 22 heavy (non-hydrogen) atoms. The van der Waals surface area contributed by atoms with Crippen molar-refractivity contribution in [2.45, 2.75) is 46.2 Å². The van der Waals surface area contributed by atoms with Gasteiger partial charge in [-0.15, -0.1) is 0 Å². The normalized spacial score (nSPS) is 20.8. The van der Waals surface area contributed by atoms with Crippen molar-refractivity contribution in [3.8, 4) is 0 Å². The van der Waals surface area contributed by atoms with Crippen molar-refractivity contribution in [3.63, 3.8) is 0 Å². The van der Waals surface area contributed by atoms with Gasteiger partial charge < -0.3 is 11.1 Å². The summed E-state index contributed by atoms with van der Waals surface area (Å²) in [6.45, 7) is 9.36. The van der Waals surface area contributed by atoms with Crippen LogP contribution in [0.4, 0.5) is 5.69 Å². The summed E-state index contributed by atoms with van der Waals surface area (Å²) >= 11 is 0. The van der Waals surface area contributed by atoms with E-state index in [9.17, 15) is 4.79 Å². The molecular weight excluding hydrogens is 274 g/mol. The number of amides is 1. The van der Waals surface area contributed by atoms with E-state index in [4.69, 9.17) is 5.73 Å². The molecule has 0 aliphatic carbocycles. The largest absolute Gasteiger partial charge is 0.382 e. The Kier molecular flexibility index (Phi) is 5.83. The monoisotopic (exact) mass is 303 g/mol. The van der Waals surface area contributed by atoms with E-state index in [1.807, 2.05) is 0 Å². The minimum absolute atomic E-state index is 0.00320. The average molecular weight is 303 g/mol. The number of nitrogens with two attached hydrogens (primary N) is 1. The maximum absolute atomic E-state index is 11.4. The van der Waals surface area contributed by atoms with Gasteiger partial charge in [-0.1, -0.05) is 32.0 Å². The van der Waals surface area contributed by atoms with Crippen molar-refractivity contribution in [2.24, 2.45) is 17.6 Å². The van der Waals surface area contributed by atoms with Crippen LogP contribution in [0.15, 0.2) is 24.3 Å². The highest BCUT2D eigenvalue weighted by Crippen LogP contribution is 2.23. The molecule has 1 heterocycles.